The van der Waals surface area contributed by atoms with Crippen molar-refractivity contribution in [1.29, 1.82) is 0 Å². The summed E-state index contributed by atoms with van der Waals surface area (Å²) in [6.07, 6.45) is 7.56. The summed E-state index contributed by atoms with van der Waals surface area (Å²) >= 11 is 0. The third kappa shape index (κ3) is 6.12. The average Bonchev–Trinajstić information content (AvgIpc) is 2.95. The van der Waals surface area contributed by atoms with E-state index in [9.17, 15) is 0 Å². The SMILES string of the molecule is CN(C)CCC1CCN(c2ccc3cc2OCCOCCOc2ccc4c(c2)-c2nc(ncc2CC4)N3)CC1. The minimum atomic E-state index is 0.476. The third-order valence-corrected chi connectivity index (χ3v) is 8.00. The molecular formula is C31H39N5O3. The Morgan fingerprint density at radius 2 is 1.77 bits per heavy atom. The summed E-state index contributed by atoms with van der Waals surface area (Å²) in [7, 11) is 4.31. The molecule has 3 heterocycles. The van der Waals surface area contributed by atoms with Gasteiger partial charge in [0.1, 0.15) is 24.7 Å². The first-order valence-electron chi connectivity index (χ1n) is 14.3. The van der Waals surface area contributed by atoms with Crippen LogP contribution in [0.2, 0.25) is 0 Å². The van der Waals surface area contributed by atoms with Crippen LogP contribution in [0.3, 0.4) is 0 Å². The van der Waals surface area contributed by atoms with E-state index in [1.54, 1.807) is 0 Å². The maximum Gasteiger partial charge on any atom is 0.227 e. The van der Waals surface area contributed by atoms with Crippen molar-refractivity contribution in [1.82, 2.24) is 14.9 Å². The summed E-state index contributed by atoms with van der Waals surface area (Å²) < 4.78 is 18.1. The maximum atomic E-state index is 6.30. The van der Waals surface area contributed by atoms with Gasteiger partial charge in [-0.3, -0.25) is 0 Å². The molecule has 2 aliphatic heterocycles. The van der Waals surface area contributed by atoms with E-state index in [2.05, 4.69) is 64.5 Å². The molecule has 0 radical (unpaired) electrons. The van der Waals surface area contributed by atoms with Crippen molar-refractivity contribution in [3.05, 3.63) is 53.7 Å². The molecule has 0 spiro atoms. The van der Waals surface area contributed by atoms with Crippen molar-refractivity contribution in [3.8, 4) is 22.8 Å². The molecule has 0 unspecified atom stereocenters. The monoisotopic (exact) mass is 529 g/mol. The predicted molar refractivity (Wildman–Crippen MR) is 155 cm³/mol. The second-order valence-corrected chi connectivity index (χ2v) is 11.0. The molecule has 1 saturated heterocycles. The van der Waals surface area contributed by atoms with Gasteiger partial charge < -0.3 is 29.3 Å². The van der Waals surface area contributed by atoms with Crippen molar-refractivity contribution < 1.29 is 14.2 Å². The zero-order valence-corrected chi connectivity index (χ0v) is 23.1. The molecule has 206 valence electrons. The molecule has 0 atom stereocenters. The lowest BCUT2D eigenvalue weighted by Gasteiger charge is -2.35. The fourth-order valence-corrected chi connectivity index (χ4v) is 5.77. The number of benzene rings is 2. The van der Waals surface area contributed by atoms with Gasteiger partial charge in [0.05, 0.1) is 24.6 Å². The Labute approximate surface area is 231 Å². The summed E-state index contributed by atoms with van der Waals surface area (Å²) in [6.45, 7) is 5.23. The molecule has 3 aromatic rings. The Balaban J connectivity index is 1.26. The average molecular weight is 530 g/mol. The van der Waals surface area contributed by atoms with E-state index in [4.69, 9.17) is 19.2 Å². The van der Waals surface area contributed by atoms with E-state index < -0.39 is 0 Å². The number of piperidine rings is 1. The maximum absolute atomic E-state index is 6.30. The van der Waals surface area contributed by atoms with Gasteiger partial charge in [-0.25, -0.2) is 9.97 Å². The highest BCUT2D eigenvalue weighted by Gasteiger charge is 2.23. The second-order valence-electron chi connectivity index (χ2n) is 11.0. The van der Waals surface area contributed by atoms with Gasteiger partial charge in [-0.05, 0) is 94.1 Å². The van der Waals surface area contributed by atoms with Crippen molar-refractivity contribution in [2.75, 3.05) is 70.4 Å². The van der Waals surface area contributed by atoms with E-state index in [0.717, 1.165) is 72.5 Å². The molecule has 0 saturated carbocycles. The normalized spacial score (nSPS) is 17.8. The number of aryl methyl sites for hydroxylation is 2. The van der Waals surface area contributed by atoms with Crippen molar-refractivity contribution >= 4 is 17.3 Å². The van der Waals surface area contributed by atoms with Crippen LogP contribution in [-0.4, -0.2) is 75.0 Å². The topological polar surface area (TPSA) is 72.0 Å². The highest BCUT2D eigenvalue weighted by atomic mass is 16.5. The summed E-state index contributed by atoms with van der Waals surface area (Å²) in [6, 6.07) is 12.6. The summed E-state index contributed by atoms with van der Waals surface area (Å²) in [5.41, 5.74) is 6.61. The molecule has 0 amide bonds. The number of nitrogens with one attached hydrogen (secondary N) is 1. The fraction of sp³-hybridized carbons (Fsp3) is 0.484. The lowest BCUT2D eigenvalue weighted by Crippen LogP contribution is -2.35. The van der Waals surface area contributed by atoms with Crippen LogP contribution in [0.4, 0.5) is 17.3 Å². The molecular weight excluding hydrogens is 490 g/mol. The van der Waals surface area contributed by atoms with Crippen LogP contribution < -0.4 is 19.7 Å². The Hall–Kier alpha value is -3.36. The van der Waals surface area contributed by atoms with E-state index >= 15 is 0 Å². The van der Waals surface area contributed by atoms with Gasteiger partial charge in [0.2, 0.25) is 5.95 Å². The molecule has 1 fully saturated rings. The number of anilines is 3. The zero-order chi connectivity index (χ0) is 26.6. The van der Waals surface area contributed by atoms with Crippen LogP contribution >= 0.6 is 0 Å². The highest BCUT2D eigenvalue weighted by molar-refractivity contribution is 5.73. The van der Waals surface area contributed by atoms with Crippen LogP contribution in [0, 0.1) is 5.92 Å². The van der Waals surface area contributed by atoms with Gasteiger partial charge in [-0.2, -0.15) is 0 Å². The minimum Gasteiger partial charge on any atom is -0.491 e. The Kier molecular flexibility index (Phi) is 7.83. The number of rotatable bonds is 4. The quantitative estimate of drug-likeness (QED) is 0.510. The van der Waals surface area contributed by atoms with E-state index in [1.165, 1.54) is 30.4 Å². The molecule has 1 aliphatic carbocycles. The number of ether oxygens (including phenoxy) is 3. The van der Waals surface area contributed by atoms with Crippen molar-refractivity contribution in [2.45, 2.75) is 32.1 Å². The van der Waals surface area contributed by atoms with Crippen molar-refractivity contribution in [2.24, 2.45) is 5.92 Å². The van der Waals surface area contributed by atoms with E-state index in [-0.39, 0.29) is 0 Å². The smallest absolute Gasteiger partial charge is 0.227 e. The number of hydrogen-bond acceptors (Lipinski definition) is 8. The first-order chi connectivity index (χ1) is 19.1. The Bertz CT molecular complexity index is 1290. The molecule has 1 N–H and O–H groups in total. The van der Waals surface area contributed by atoms with Crippen LogP contribution in [0.15, 0.2) is 42.6 Å². The first-order valence-corrected chi connectivity index (χ1v) is 14.3. The summed E-state index contributed by atoms with van der Waals surface area (Å²) in [4.78, 5) is 14.3. The largest absolute Gasteiger partial charge is 0.491 e. The van der Waals surface area contributed by atoms with E-state index in [1.807, 2.05) is 12.3 Å². The molecule has 8 heteroatoms. The van der Waals surface area contributed by atoms with Crippen molar-refractivity contribution in [3.63, 3.8) is 0 Å². The molecule has 2 aromatic carbocycles. The second kappa shape index (κ2) is 11.8. The Morgan fingerprint density at radius 1 is 0.949 bits per heavy atom. The van der Waals surface area contributed by atoms with Crippen LogP contribution in [0.1, 0.15) is 30.4 Å². The molecule has 8 nitrogen and oxygen atoms in total. The standard InChI is InChI=1S/C31H39N5O3/c1-35(2)12-9-22-10-13-36(14-11-22)28-8-6-25-19-29(28)39-18-16-37-15-17-38-26-7-5-23-3-4-24-21-32-31(33-25)34-30(24)27(23)20-26/h5-8,19-22H,3-4,9-18H2,1-2H3,(H,32,33,34). The molecule has 6 rings (SSSR count). The van der Waals surface area contributed by atoms with Gasteiger partial charge in [0.15, 0.2) is 0 Å². The minimum absolute atomic E-state index is 0.476. The number of aromatic nitrogens is 2. The lowest BCUT2D eigenvalue weighted by molar-refractivity contribution is 0.0765. The first kappa shape index (κ1) is 25.9. The molecule has 6 bridgehead atoms. The molecule has 39 heavy (non-hydrogen) atoms. The van der Waals surface area contributed by atoms with Crippen LogP contribution in [0.25, 0.3) is 11.3 Å². The van der Waals surface area contributed by atoms with Gasteiger partial charge in [-0.15, -0.1) is 0 Å². The van der Waals surface area contributed by atoms with E-state index in [0.29, 0.717) is 32.4 Å². The van der Waals surface area contributed by atoms with Crippen LogP contribution in [-0.2, 0) is 17.6 Å². The predicted octanol–water partition coefficient (Wildman–Crippen LogP) is 4.94. The van der Waals surface area contributed by atoms with Crippen LogP contribution in [0.5, 0.6) is 11.5 Å². The summed E-state index contributed by atoms with van der Waals surface area (Å²) in [5.74, 6) is 3.07. The van der Waals surface area contributed by atoms with Gasteiger partial charge >= 0.3 is 0 Å². The molecule has 1 aromatic heterocycles. The highest BCUT2D eigenvalue weighted by Crippen LogP contribution is 2.37. The lowest BCUT2D eigenvalue weighted by atomic mass is 9.90. The number of hydrogen-bond donors (Lipinski definition) is 1. The molecule has 3 aliphatic rings. The summed E-state index contributed by atoms with van der Waals surface area (Å²) in [5, 5.41) is 3.43. The zero-order valence-electron chi connectivity index (χ0n) is 23.1. The Morgan fingerprint density at radius 3 is 2.62 bits per heavy atom. The van der Waals surface area contributed by atoms with Gasteiger partial charge in [0, 0.05) is 36.6 Å². The van der Waals surface area contributed by atoms with Gasteiger partial charge in [0.25, 0.3) is 0 Å². The third-order valence-electron chi connectivity index (χ3n) is 8.00. The number of nitrogens with zero attached hydrogens (tertiary/aromatic N) is 4. The number of fused-ring (bicyclic) bond motifs is 4. The fourth-order valence-electron chi connectivity index (χ4n) is 5.77. The van der Waals surface area contributed by atoms with Gasteiger partial charge in [-0.1, -0.05) is 6.07 Å².